The molecule has 0 aliphatic heterocycles. The Morgan fingerprint density at radius 1 is 1.17 bits per heavy atom. The number of carbonyl (C=O) groups is 2. The van der Waals surface area contributed by atoms with Gasteiger partial charge >= 0.3 is 5.69 Å². The van der Waals surface area contributed by atoms with Crippen LogP contribution in [0.15, 0.2) is 52.1 Å². The van der Waals surface area contributed by atoms with E-state index in [0.717, 1.165) is 4.57 Å². The lowest BCUT2D eigenvalue weighted by atomic mass is 9.98. The molecule has 0 spiro atoms. The van der Waals surface area contributed by atoms with Crippen molar-refractivity contribution in [2.45, 2.75) is 19.9 Å². The molecule has 0 aliphatic rings. The number of H-pyrrole nitrogens is 1. The Kier molecular flexibility index (Phi) is 6.10. The zero-order valence-corrected chi connectivity index (χ0v) is 16.3. The number of primary amides is 1. The van der Waals surface area contributed by atoms with E-state index < -0.39 is 29.0 Å². The van der Waals surface area contributed by atoms with Crippen LogP contribution in [0.2, 0.25) is 0 Å². The lowest BCUT2D eigenvalue weighted by Gasteiger charge is -2.15. The first kappa shape index (κ1) is 21.0. The topological polar surface area (TPSA) is 127 Å². The largest absolute Gasteiger partial charge is 0.369 e. The molecule has 0 saturated carbocycles. The van der Waals surface area contributed by atoms with E-state index in [-0.39, 0.29) is 36.4 Å². The summed E-state index contributed by atoms with van der Waals surface area (Å²) in [6, 6.07) is 10.0. The zero-order chi connectivity index (χ0) is 21.8. The Morgan fingerprint density at radius 2 is 1.87 bits per heavy atom. The molecule has 8 nitrogen and oxygen atoms in total. The van der Waals surface area contributed by atoms with Crippen LogP contribution in [0.3, 0.4) is 0 Å². The number of nitrogens with one attached hydrogen (secondary N) is 2. The highest BCUT2D eigenvalue weighted by Crippen LogP contribution is 2.12. The first-order valence-corrected chi connectivity index (χ1v) is 9.39. The summed E-state index contributed by atoms with van der Waals surface area (Å²) in [5.41, 5.74) is 5.63. The minimum Gasteiger partial charge on any atom is -0.369 e. The highest BCUT2D eigenvalue weighted by atomic mass is 19.1. The molecule has 3 rings (SSSR count). The van der Waals surface area contributed by atoms with Crippen molar-refractivity contribution in [1.82, 2.24) is 14.9 Å². The summed E-state index contributed by atoms with van der Waals surface area (Å²) in [4.78, 5) is 51.2. The zero-order valence-electron chi connectivity index (χ0n) is 16.3. The summed E-state index contributed by atoms with van der Waals surface area (Å²) < 4.78 is 14.1. The summed E-state index contributed by atoms with van der Waals surface area (Å²) >= 11 is 0. The minimum atomic E-state index is -0.684. The van der Waals surface area contributed by atoms with E-state index in [1.165, 1.54) is 30.3 Å². The lowest BCUT2D eigenvalue weighted by molar-refractivity contribution is -0.121. The summed E-state index contributed by atoms with van der Waals surface area (Å²) in [5.74, 6) is -2.15. The van der Waals surface area contributed by atoms with Gasteiger partial charge in [-0.1, -0.05) is 12.1 Å². The maximum atomic E-state index is 13.0. The molecule has 0 fully saturated rings. The van der Waals surface area contributed by atoms with E-state index in [1.807, 2.05) is 0 Å². The van der Waals surface area contributed by atoms with Crippen molar-refractivity contribution in [3.05, 3.63) is 80.2 Å². The lowest BCUT2D eigenvalue weighted by Crippen LogP contribution is -2.37. The Labute approximate surface area is 170 Å². The molecule has 4 N–H and O–H groups in total. The molecule has 1 aromatic heterocycles. The number of benzene rings is 2. The number of fused-ring (bicyclic) bond motifs is 1. The van der Waals surface area contributed by atoms with Crippen LogP contribution in [0.25, 0.3) is 10.9 Å². The van der Waals surface area contributed by atoms with Crippen molar-refractivity contribution in [3.63, 3.8) is 0 Å². The molecule has 1 atom stereocenters. The summed E-state index contributed by atoms with van der Waals surface area (Å²) in [5, 5.41) is 2.93. The van der Waals surface area contributed by atoms with Gasteiger partial charge in [0.25, 0.3) is 11.5 Å². The van der Waals surface area contributed by atoms with Crippen LogP contribution in [-0.4, -0.2) is 27.9 Å². The van der Waals surface area contributed by atoms with Crippen LogP contribution in [0.1, 0.15) is 22.8 Å². The molecule has 0 bridgehead atoms. The average molecular weight is 412 g/mol. The van der Waals surface area contributed by atoms with Gasteiger partial charge < -0.3 is 16.0 Å². The van der Waals surface area contributed by atoms with Crippen molar-refractivity contribution in [3.8, 4) is 0 Å². The van der Waals surface area contributed by atoms with Gasteiger partial charge in [-0.05, 0) is 49.2 Å². The van der Waals surface area contributed by atoms with Gasteiger partial charge in [0.15, 0.2) is 0 Å². The molecule has 0 aliphatic carbocycles. The van der Waals surface area contributed by atoms with Gasteiger partial charge in [-0.2, -0.15) is 0 Å². The van der Waals surface area contributed by atoms with Crippen molar-refractivity contribution in [2.24, 2.45) is 11.7 Å². The van der Waals surface area contributed by atoms with Crippen LogP contribution in [0.4, 0.5) is 4.39 Å². The quantitative estimate of drug-likeness (QED) is 0.533. The van der Waals surface area contributed by atoms with E-state index >= 15 is 0 Å². The Balaban J connectivity index is 1.76. The van der Waals surface area contributed by atoms with Crippen LogP contribution in [0.5, 0.6) is 0 Å². The molecule has 2 aromatic carbocycles. The second-order valence-corrected chi connectivity index (χ2v) is 6.88. The van der Waals surface area contributed by atoms with E-state index in [4.69, 9.17) is 5.73 Å². The van der Waals surface area contributed by atoms with E-state index in [9.17, 15) is 23.6 Å². The minimum absolute atomic E-state index is 0.0163. The number of nitrogens with zero attached hydrogens (tertiary/aromatic N) is 1. The fourth-order valence-corrected chi connectivity index (χ4v) is 3.18. The summed E-state index contributed by atoms with van der Waals surface area (Å²) in [7, 11) is 0. The van der Waals surface area contributed by atoms with Gasteiger partial charge in [0.1, 0.15) is 5.82 Å². The number of hydrogen-bond donors (Lipinski definition) is 3. The van der Waals surface area contributed by atoms with Crippen molar-refractivity contribution < 1.29 is 14.0 Å². The molecule has 2 amide bonds. The SMILES string of the molecule is CCn1c(=O)[nH]c2cc(C(=O)NCC(Cc3ccc(F)cc3)C(N)=O)ccc2c1=O. The van der Waals surface area contributed by atoms with Crippen molar-refractivity contribution in [2.75, 3.05) is 6.54 Å². The number of aromatic nitrogens is 2. The second kappa shape index (κ2) is 8.73. The van der Waals surface area contributed by atoms with E-state index in [0.29, 0.717) is 10.9 Å². The van der Waals surface area contributed by atoms with Crippen LogP contribution in [-0.2, 0) is 17.8 Å². The number of nitrogens with two attached hydrogens (primary N) is 1. The molecule has 156 valence electrons. The standard InChI is InChI=1S/C21H21FN4O4/c1-2-26-20(29)16-8-5-13(10-17(16)25-21(26)30)19(28)24-11-14(18(23)27)9-12-3-6-15(22)7-4-12/h3-8,10,14H,2,9,11H2,1H3,(H2,23,27)(H,24,28)(H,25,30). The van der Waals surface area contributed by atoms with Gasteiger partial charge in [-0.3, -0.25) is 19.0 Å². The molecule has 9 heteroatoms. The maximum absolute atomic E-state index is 13.0. The normalized spacial score (nSPS) is 11.9. The molecule has 3 aromatic rings. The fraction of sp³-hybridized carbons (Fsp3) is 0.238. The first-order chi connectivity index (χ1) is 14.3. The number of halogens is 1. The maximum Gasteiger partial charge on any atom is 0.328 e. The Morgan fingerprint density at radius 3 is 2.50 bits per heavy atom. The number of hydrogen-bond acceptors (Lipinski definition) is 4. The number of rotatable bonds is 7. The van der Waals surface area contributed by atoms with Crippen molar-refractivity contribution in [1.29, 1.82) is 0 Å². The van der Waals surface area contributed by atoms with Gasteiger partial charge in [0.2, 0.25) is 5.91 Å². The number of carbonyl (C=O) groups excluding carboxylic acids is 2. The Hall–Kier alpha value is -3.75. The summed E-state index contributed by atoms with van der Waals surface area (Å²) in [6.07, 6.45) is 0.248. The molecule has 30 heavy (non-hydrogen) atoms. The van der Waals surface area contributed by atoms with Gasteiger partial charge in [-0.25, -0.2) is 9.18 Å². The summed E-state index contributed by atoms with van der Waals surface area (Å²) in [6.45, 7) is 1.90. The predicted molar refractivity (Wildman–Crippen MR) is 110 cm³/mol. The van der Waals surface area contributed by atoms with Gasteiger partial charge in [0, 0.05) is 18.7 Å². The van der Waals surface area contributed by atoms with Gasteiger partial charge in [0.05, 0.1) is 16.8 Å². The van der Waals surface area contributed by atoms with Crippen LogP contribution >= 0.6 is 0 Å². The van der Waals surface area contributed by atoms with Crippen LogP contribution in [0, 0.1) is 11.7 Å². The van der Waals surface area contributed by atoms with E-state index in [1.54, 1.807) is 19.1 Å². The highest BCUT2D eigenvalue weighted by molar-refractivity contribution is 5.97. The number of amides is 2. The molecule has 0 saturated heterocycles. The number of aromatic amines is 1. The Bertz CT molecular complexity index is 1210. The average Bonchev–Trinajstić information content (AvgIpc) is 2.72. The molecular weight excluding hydrogens is 391 g/mol. The second-order valence-electron chi connectivity index (χ2n) is 6.88. The van der Waals surface area contributed by atoms with E-state index in [2.05, 4.69) is 10.3 Å². The highest BCUT2D eigenvalue weighted by Gasteiger charge is 2.18. The third-order valence-corrected chi connectivity index (χ3v) is 4.87. The molecule has 1 unspecified atom stereocenters. The van der Waals surface area contributed by atoms with Crippen LogP contribution < -0.4 is 22.3 Å². The molecule has 1 heterocycles. The van der Waals surface area contributed by atoms with Crippen molar-refractivity contribution >= 4 is 22.7 Å². The first-order valence-electron chi connectivity index (χ1n) is 9.39. The van der Waals surface area contributed by atoms with Gasteiger partial charge in [-0.15, -0.1) is 0 Å². The fourth-order valence-electron chi connectivity index (χ4n) is 3.18. The smallest absolute Gasteiger partial charge is 0.328 e. The molecular formula is C21H21FN4O4. The molecule has 0 radical (unpaired) electrons. The third kappa shape index (κ3) is 4.45. The predicted octanol–water partition coefficient (Wildman–Crippen LogP) is 0.923. The monoisotopic (exact) mass is 412 g/mol. The third-order valence-electron chi connectivity index (χ3n) is 4.87.